The van der Waals surface area contributed by atoms with Crippen molar-refractivity contribution in [3.05, 3.63) is 0 Å². The van der Waals surface area contributed by atoms with E-state index < -0.39 is 0 Å². The maximum Gasteiger partial charge on any atom is 0.191 e. The molecule has 0 aromatic rings. The predicted molar refractivity (Wildman–Crippen MR) is 49.1 cm³/mol. The number of aliphatic imine (C=N–C) groups is 1. The van der Waals surface area contributed by atoms with Crippen LogP contribution in [0.3, 0.4) is 0 Å². The fourth-order valence-corrected chi connectivity index (χ4v) is 1.56. The summed E-state index contributed by atoms with van der Waals surface area (Å²) < 4.78 is 5.43. The molecule has 2 N–H and O–H groups in total. The molecule has 12 heavy (non-hydrogen) atoms. The summed E-state index contributed by atoms with van der Waals surface area (Å²) in [6, 6.07) is 0.383. The molecule has 0 amide bonds. The van der Waals surface area contributed by atoms with Crippen LogP contribution in [0.25, 0.3) is 0 Å². The number of hydrogen-bond donors (Lipinski definition) is 1. The smallest absolute Gasteiger partial charge is 0.191 e. The van der Waals surface area contributed by atoms with Gasteiger partial charge in [0.05, 0.1) is 12.1 Å². The van der Waals surface area contributed by atoms with Crippen molar-refractivity contribution in [3.63, 3.8) is 0 Å². The second-order valence-corrected chi connectivity index (χ2v) is 3.12. The van der Waals surface area contributed by atoms with Crippen LogP contribution in [-0.2, 0) is 4.74 Å². The van der Waals surface area contributed by atoms with Crippen molar-refractivity contribution in [1.82, 2.24) is 4.90 Å². The molecule has 1 heterocycles. The molecule has 1 saturated heterocycles. The molecular weight excluding hydrogens is 154 g/mol. The Labute approximate surface area is 73.4 Å². The van der Waals surface area contributed by atoms with Crippen LogP contribution < -0.4 is 5.73 Å². The molecule has 0 aliphatic carbocycles. The van der Waals surface area contributed by atoms with Crippen molar-refractivity contribution in [1.29, 1.82) is 0 Å². The van der Waals surface area contributed by atoms with Gasteiger partial charge in [-0.15, -0.1) is 0 Å². The Morgan fingerprint density at radius 1 is 1.67 bits per heavy atom. The number of hydrogen-bond acceptors (Lipinski definition) is 2. The van der Waals surface area contributed by atoms with E-state index in [0.717, 1.165) is 13.0 Å². The lowest BCUT2D eigenvalue weighted by Crippen LogP contribution is -2.44. The van der Waals surface area contributed by atoms with Gasteiger partial charge in [-0.3, -0.25) is 4.99 Å². The highest BCUT2D eigenvalue weighted by Crippen LogP contribution is 2.17. The predicted octanol–water partition coefficient (Wildman–Crippen LogP) is 0.0401. The summed E-state index contributed by atoms with van der Waals surface area (Å²) in [5.41, 5.74) is 5.68. The topological polar surface area (TPSA) is 50.8 Å². The van der Waals surface area contributed by atoms with E-state index in [1.807, 2.05) is 11.9 Å². The number of rotatable bonds is 1. The molecule has 0 aromatic carbocycles. The highest BCUT2D eigenvalue weighted by atomic mass is 16.5. The van der Waals surface area contributed by atoms with Crippen molar-refractivity contribution >= 4 is 5.96 Å². The van der Waals surface area contributed by atoms with E-state index in [1.165, 1.54) is 0 Å². The van der Waals surface area contributed by atoms with Gasteiger partial charge in [-0.2, -0.15) is 0 Å². The third-order valence-electron chi connectivity index (χ3n) is 2.42. The number of likely N-dealkylation sites (N-methyl/N-ethyl adjacent to an activating group) is 1. The molecule has 0 saturated carbocycles. The van der Waals surface area contributed by atoms with Crippen LogP contribution in [0.1, 0.15) is 13.3 Å². The standard InChI is InChI=1S/C8H17N3O/c1-6-7(4-5-12-6)11(3)8(9)10-2/h6-7H,4-5H2,1-3H3,(H2,9,10). The van der Waals surface area contributed by atoms with Crippen LogP contribution >= 0.6 is 0 Å². The molecule has 70 valence electrons. The van der Waals surface area contributed by atoms with Crippen molar-refractivity contribution < 1.29 is 4.74 Å². The van der Waals surface area contributed by atoms with Crippen molar-refractivity contribution in [2.45, 2.75) is 25.5 Å². The summed E-state index contributed by atoms with van der Waals surface area (Å²) in [6.07, 6.45) is 1.30. The van der Waals surface area contributed by atoms with Gasteiger partial charge in [0.15, 0.2) is 5.96 Å². The molecule has 4 heteroatoms. The summed E-state index contributed by atoms with van der Waals surface area (Å²) in [7, 11) is 3.66. The molecule has 0 aromatic heterocycles. The lowest BCUT2D eigenvalue weighted by Gasteiger charge is -2.27. The van der Waals surface area contributed by atoms with Gasteiger partial charge >= 0.3 is 0 Å². The Bertz CT molecular complexity index is 181. The lowest BCUT2D eigenvalue weighted by atomic mass is 10.1. The van der Waals surface area contributed by atoms with Crippen molar-refractivity contribution in [2.75, 3.05) is 20.7 Å². The molecule has 2 unspecified atom stereocenters. The maximum atomic E-state index is 5.68. The summed E-state index contributed by atoms with van der Waals surface area (Å²) >= 11 is 0. The maximum absolute atomic E-state index is 5.68. The molecule has 1 fully saturated rings. The zero-order chi connectivity index (χ0) is 9.14. The van der Waals surface area contributed by atoms with E-state index in [0.29, 0.717) is 12.0 Å². The van der Waals surface area contributed by atoms with Crippen LogP contribution in [0, 0.1) is 0 Å². The molecule has 1 aliphatic rings. The molecule has 2 atom stereocenters. The molecule has 4 nitrogen and oxygen atoms in total. The summed E-state index contributed by atoms with van der Waals surface area (Å²) in [5, 5.41) is 0. The SMILES string of the molecule is CN=C(N)N(C)C1CCOC1C. The molecule has 0 spiro atoms. The Morgan fingerprint density at radius 3 is 2.75 bits per heavy atom. The molecule has 1 rings (SSSR count). The van der Waals surface area contributed by atoms with Crippen molar-refractivity contribution in [2.24, 2.45) is 10.7 Å². The van der Waals surface area contributed by atoms with Gasteiger partial charge in [0, 0.05) is 20.7 Å². The largest absolute Gasteiger partial charge is 0.376 e. The fourth-order valence-electron chi connectivity index (χ4n) is 1.56. The Kier molecular flexibility index (Phi) is 2.92. The quantitative estimate of drug-likeness (QED) is 0.447. The van der Waals surface area contributed by atoms with Crippen LogP contribution in [0.15, 0.2) is 4.99 Å². The van der Waals surface area contributed by atoms with E-state index in [2.05, 4.69) is 11.9 Å². The zero-order valence-electron chi connectivity index (χ0n) is 7.95. The number of nitrogens with two attached hydrogens (primary N) is 1. The highest BCUT2D eigenvalue weighted by molar-refractivity contribution is 5.78. The van der Waals surface area contributed by atoms with Gasteiger partial charge < -0.3 is 15.4 Å². The number of guanidine groups is 1. The third kappa shape index (κ3) is 1.69. The van der Waals surface area contributed by atoms with Gasteiger partial charge in [-0.05, 0) is 13.3 Å². The second-order valence-electron chi connectivity index (χ2n) is 3.12. The minimum Gasteiger partial charge on any atom is -0.376 e. The normalized spacial score (nSPS) is 30.8. The first-order chi connectivity index (χ1) is 5.66. The van der Waals surface area contributed by atoms with Crippen LogP contribution in [0.4, 0.5) is 0 Å². The first-order valence-corrected chi connectivity index (χ1v) is 4.23. The van der Waals surface area contributed by atoms with Crippen LogP contribution in [0.5, 0.6) is 0 Å². The molecule has 1 aliphatic heterocycles. The second kappa shape index (κ2) is 3.76. The third-order valence-corrected chi connectivity index (χ3v) is 2.42. The van der Waals surface area contributed by atoms with Gasteiger partial charge in [-0.1, -0.05) is 0 Å². The van der Waals surface area contributed by atoms with Gasteiger partial charge in [-0.25, -0.2) is 0 Å². The van der Waals surface area contributed by atoms with Gasteiger partial charge in [0.25, 0.3) is 0 Å². The van der Waals surface area contributed by atoms with Gasteiger partial charge in [0.2, 0.25) is 0 Å². The average molecular weight is 171 g/mol. The fraction of sp³-hybridized carbons (Fsp3) is 0.875. The minimum absolute atomic E-state index is 0.260. The Morgan fingerprint density at radius 2 is 2.33 bits per heavy atom. The van der Waals surface area contributed by atoms with E-state index in [4.69, 9.17) is 10.5 Å². The van der Waals surface area contributed by atoms with E-state index in [-0.39, 0.29) is 6.10 Å². The van der Waals surface area contributed by atoms with E-state index >= 15 is 0 Å². The number of nitrogens with zero attached hydrogens (tertiary/aromatic N) is 2. The van der Waals surface area contributed by atoms with Gasteiger partial charge in [0.1, 0.15) is 0 Å². The Hall–Kier alpha value is -0.770. The van der Waals surface area contributed by atoms with Crippen LogP contribution in [-0.4, -0.2) is 43.7 Å². The zero-order valence-corrected chi connectivity index (χ0v) is 7.95. The Balaban J connectivity index is 2.57. The van der Waals surface area contributed by atoms with E-state index in [9.17, 15) is 0 Å². The van der Waals surface area contributed by atoms with Crippen molar-refractivity contribution in [3.8, 4) is 0 Å². The highest BCUT2D eigenvalue weighted by Gasteiger charge is 2.28. The molecular formula is C8H17N3O. The average Bonchev–Trinajstić information content (AvgIpc) is 2.48. The molecule has 0 bridgehead atoms. The molecule has 0 radical (unpaired) electrons. The lowest BCUT2D eigenvalue weighted by molar-refractivity contribution is 0.0996. The van der Waals surface area contributed by atoms with Crippen LogP contribution in [0.2, 0.25) is 0 Å². The summed E-state index contributed by atoms with van der Waals surface area (Å²) in [6.45, 7) is 2.89. The summed E-state index contributed by atoms with van der Waals surface area (Å²) in [5.74, 6) is 0.581. The number of ether oxygens (including phenoxy) is 1. The minimum atomic E-state index is 0.260. The monoisotopic (exact) mass is 171 g/mol. The first kappa shape index (κ1) is 9.32. The van der Waals surface area contributed by atoms with E-state index in [1.54, 1.807) is 7.05 Å². The summed E-state index contributed by atoms with van der Waals surface area (Å²) in [4.78, 5) is 5.92. The first-order valence-electron chi connectivity index (χ1n) is 4.23.